The highest BCUT2D eigenvalue weighted by Crippen LogP contribution is 2.30. The third-order valence-corrected chi connectivity index (χ3v) is 5.05. The van der Waals surface area contributed by atoms with Crippen molar-refractivity contribution in [2.75, 3.05) is 11.9 Å². The Morgan fingerprint density at radius 1 is 0.917 bits per heavy atom. The molecule has 1 N–H and O–H groups in total. The number of hydrogen-bond donors (Lipinski definition) is 1. The second-order valence-corrected chi connectivity index (χ2v) is 7.64. The van der Waals surface area contributed by atoms with Crippen molar-refractivity contribution in [2.45, 2.75) is 6.18 Å². The summed E-state index contributed by atoms with van der Waals surface area (Å²) in [5.74, 6) is -1.44. The van der Waals surface area contributed by atoms with E-state index in [4.69, 9.17) is 4.74 Å². The number of para-hydroxylation sites is 1. The molecule has 1 aromatic heterocycles. The minimum absolute atomic E-state index is 0.153. The molecular formula is C27H20F3N3O3. The number of hydrogen-bond acceptors (Lipinski definition) is 4. The fourth-order valence-electron chi connectivity index (χ4n) is 3.32. The summed E-state index contributed by atoms with van der Waals surface area (Å²) in [6.45, 7) is -0.598. The van der Waals surface area contributed by atoms with E-state index in [1.54, 1.807) is 17.0 Å². The summed E-state index contributed by atoms with van der Waals surface area (Å²) in [5, 5.41) is 7.03. The van der Waals surface area contributed by atoms with Crippen molar-refractivity contribution in [3.8, 4) is 16.9 Å². The van der Waals surface area contributed by atoms with Crippen molar-refractivity contribution in [3.63, 3.8) is 0 Å². The van der Waals surface area contributed by atoms with Crippen molar-refractivity contribution in [3.05, 3.63) is 108 Å². The number of alkyl halides is 3. The van der Waals surface area contributed by atoms with E-state index in [-0.39, 0.29) is 5.69 Å². The number of halogens is 3. The molecular weight excluding hydrogens is 471 g/mol. The Kier molecular flexibility index (Phi) is 7.29. The van der Waals surface area contributed by atoms with Gasteiger partial charge in [-0.25, -0.2) is 9.48 Å². The van der Waals surface area contributed by atoms with E-state index in [0.29, 0.717) is 11.3 Å². The van der Waals surface area contributed by atoms with E-state index in [2.05, 4.69) is 10.4 Å². The number of carbonyl (C=O) groups is 2. The Morgan fingerprint density at radius 2 is 1.56 bits per heavy atom. The Morgan fingerprint density at radius 3 is 2.19 bits per heavy atom. The monoisotopic (exact) mass is 491 g/mol. The molecule has 0 saturated carbocycles. The molecule has 0 aliphatic rings. The van der Waals surface area contributed by atoms with Crippen LogP contribution in [-0.4, -0.2) is 28.3 Å². The molecule has 182 valence electrons. The lowest BCUT2D eigenvalue weighted by Gasteiger charge is -2.08. The molecule has 0 spiro atoms. The number of nitrogens with zero attached hydrogens (tertiary/aromatic N) is 2. The second-order valence-electron chi connectivity index (χ2n) is 7.64. The van der Waals surface area contributed by atoms with E-state index in [0.717, 1.165) is 35.5 Å². The van der Waals surface area contributed by atoms with Gasteiger partial charge in [0.05, 0.1) is 16.9 Å². The summed E-state index contributed by atoms with van der Waals surface area (Å²) >= 11 is 0. The van der Waals surface area contributed by atoms with Crippen LogP contribution in [0.5, 0.6) is 0 Å². The van der Waals surface area contributed by atoms with Gasteiger partial charge in [-0.3, -0.25) is 4.79 Å². The third kappa shape index (κ3) is 6.26. The van der Waals surface area contributed by atoms with Gasteiger partial charge in [0.25, 0.3) is 5.91 Å². The Hall–Kier alpha value is -4.66. The molecule has 4 aromatic rings. The normalized spacial score (nSPS) is 11.4. The summed E-state index contributed by atoms with van der Waals surface area (Å²) in [4.78, 5) is 24.2. The topological polar surface area (TPSA) is 73.2 Å². The highest BCUT2D eigenvalue weighted by molar-refractivity contribution is 5.95. The molecule has 0 aliphatic carbocycles. The lowest BCUT2D eigenvalue weighted by Crippen LogP contribution is -2.20. The molecule has 4 rings (SSSR count). The van der Waals surface area contributed by atoms with Crippen molar-refractivity contribution in [1.29, 1.82) is 0 Å². The number of rotatable bonds is 7. The van der Waals surface area contributed by atoms with Crippen molar-refractivity contribution in [1.82, 2.24) is 9.78 Å². The van der Waals surface area contributed by atoms with E-state index in [1.807, 2.05) is 60.7 Å². The summed E-state index contributed by atoms with van der Waals surface area (Å²) in [6.07, 6.45) is 0.0379. The van der Waals surface area contributed by atoms with Crippen LogP contribution in [0.4, 0.5) is 18.9 Å². The standard InChI is InChI=1S/C27H20F3N3O3/c28-27(29,30)21-12-14-22(15-13-21)31-24(34)18-36-25(35)16-11-20-17-33(23-9-5-2-6-10-23)32-26(20)19-7-3-1-4-8-19/h1-17H,18H2,(H,31,34)/b16-11+. The van der Waals surface area contributed by atoms with Gasteiger partial charge in [-0.1, -0.05) is 48.5 Å². The molecule has 36 heavy (non-hydrogen) atoms. The first-order chi connectivity index (χ1) is 17.3. The van der Waals surface area contributed by atoms with Gasteiger partial charge in [-0.2, -0.15) is 18.3 Å². The smallest absolute Gasteiger partial charge is 0.416 e. The largest absolute Gasteiger partial charge is 0.452 e. The molecule has 3 aromatic carbocycles. The second kappa shape index (κ2) is 10.7. The van der Waals surface area contributed by atoms with Gasteiger partial charge >= 0.3 is 12.1 Å². The first-order valence-corrected chi connectivity index (χ1v) is 10.8. The van der Waals surface area contributed by atoms with Gasteiger partial charge in [-0.05, 0) is 42.5 Å². The zero-order chi connectivity index (χ0) is 25.5. The van der Waals surface area contributed by atoms with Gasteiger partial charge in [0.2, 0.25) is 0 Å². The fourth-order valence-corrected chi connectivity index (χ4v) is 3.32. The molecule has 0 saturated heterocycles. The van der Waals surface area contributed by atoms with E-state index >= 15 is 0 Å². The number of esters is 1. The third-order valence-electron chi connectivity index (χ3n) is 5.05. The molecule has 9 heteroatoms. The molecule has 6 nitrogen and oxygen atoms in total. The Labute approximate surface area is 204 Å². The molecule has 0 bridgehead atoms. The zero-order valence-corrected chi connectivity index (χ0v) is 18.8. The fraction of sp³-hybridized carbons (Fsp3) is 0.0741. The number of benzene rings is 3. The minimum atomic E-state index is -4.47. The van der Waals surface area contributed by atoms with Crippen LogP contribution in [0, 0.1) is 0 Å². The lowest BCUT2D eigenvalue weighted by molar-refractivity contribution is -0.142. The maximum atomic E-state index is 12.6. The van der Waals surface area contributed by atoms with E-state index in [9.17, 15) is 22.8 Å². The predicted molar refractivity (Wildman–Crippen MR) is 129 cm³/mol. The van der Waals surface area contributed by atoms with Crippen LogP contribution >= 0.6 is 0 Å². The summed E-state index contributed by atoms with van der Waals surface area (Å²) in [5.41, 5.74) is 2.34. The van der Waals surface area contributed by atoms with Crippen molar-refractivity contribution < 1.29 is 27.5 Å². The van der Waals surface area contributed by atoms with Gasteiger partial charge in [0, 0.05) is 29.1 Å². The number of aromatic nitrogens is 2. The average Bonchev–Trinajstić information content (AvgIpc) is 3.31. The van der Waals surface area contributed by atoms with Crippen LogP contribution in [0.3, 0.4) is 0 Å². The first kappa shape index (κ1) is 24.5. The van der Waals surface area contributed by atoms with Crippen LogP contribution in [0.15, 0.2) is 97.2 Å². The van der Waals surface area contributed by atoms with Gasteiger partial charge in [0.15, 0.2) is 6.61 Å². The maximum Gasteiger partial charge on any atom is 0.416 e. The molecule has 0 atom stereocenters. The minimum Gasteiger partial charge on any atom is -0.452 e. The number of carbonyl (C=O) groups excluding carboxylic acids is 2. The number of anilines is 1. The van der Waals surface area contributed by atoms with Crippen LogP contribution in [-0.2, 0) is 20.5 Å². The van der Waals surface area contributed by atoms with Gasteiger partial charge in [-0.15, -0.1) is 0 Å². The molecule has 1 heterocycles. The Balaban J connectivity index is 1.41. The molecule has 0 unspecified atom stereocenters. The summed E-state index contributed by atoms with van der Waals surface area (Å²) < 4.78 is 44.6. The van der Waals surface area contributed by atoms with E-state index in [1.165, 1.54) is 6.08 Å². The molecule has 0 radical (unpaired) electrons. The highest BCUT2D eigenvalue weighted by atomic mass is 19.4. The van der Waals surface area contributed by atoms with Crippen LogP contribution in [0.2, 0.25) is 0 Å². The summed E-state index contributed by atoms with van der Waals surface area (Å²) in [7, 11) is 0. The number of amides is 1. The van der Waals surface area contributed by atoms with E-state index < -0.39 is 30.2 Å². The maximum absolute atomic E-state index is 12.6. The molecule has 1 amide bonds. The number of nitrogens with one attached hydrogen (secondary N) is 1. The molecule has 0 aliphatic heterocycles. The van der Waals surface area contributed by atoms with Crippen molar-refractivity contribution in [2.24, 2.45) is 0 Å². The SMILES string of the molecule is O=C(COC(=O)/C=C/c1cn(-c2ccccc2)nc1-c1ccccc1)Nc1ccc(C(F)(F)F)cc1. The van der Waals surface area contributed by atoms with Crippen LogP contribution in [0.1, 0.15) is 11.1 Å². The average molecular weight is 491 g/mol. The van der Waals surface area contributed by atoms with Gasteiger partial charge < -0.3 is 10.1 Å². The van der Waals surface area contributed by atoms with Crippen LogP contribution in [0.25, 0.3) is 23.0 Å². The quantitative estimate of drug-likeness (QED) is 0.264. The number of ether oxygens (including phenoxy) is 1. The highest BCUT2D eigenvalue weighted by Gasteiger charge is 2.30. The van der Waals surface area contributed by atoms with Gasteiger partial charge in [0.1, 0.15) is 0 Å². The first-order valence-electron chi connectivity index (χ1n) is 10.8. The predicted octanol–water partition coefficient (Wildman–Crippen LogP) is 5.75. The van der Waals surface area contributed by atoms with Crippen molar-refractivity contribution >= 4 is 23.6 Å². The zero-order valence-electron chi connectivity index (χ0n) is 18.8. The summed E-state index contributed by atoms with van der Waals surface area (Å²) in [6, 6.07) is 22.9. The van der Waals surface area contributed by atoms with Crippen LogP contribution < -0.4 is 5.32 Å². The lowest BCUT2D eigenvalue weighted by atomic mass is 10.1. The molecule has 0 fully saturated rings. The Bertz CT molecular complexity index is 1360.